The molecule has 0 saturated carbocycles. The van der Waals surface area contributed by atoms with Gasteiger partial charge in [-0.15, -0.1) is 0 Å². The zero-order valence-corrected chi connectivity index (χ0v) is 10.4. The number of carbonyl (C=O) groups is 2. The van der Waals surface area contributed by atoms with Crippen molar-refractivity contribution in [1.82, 2.24) is 0 Å². The van der Waals surface area contributed by atoms with Crippen molar-refractivity contribution in [2.45, 2.75) is 18.2 Å². The normalized spacial score (nSPS) is 14.4. The van der Waals surface area contributed by atoms with E-state index < -0.39 is 15.1 Å². The highest BCUT2D eigenvalue weighted by molar-refractivity contribution is 8.05. The second kappa shape index (κ2) is 4.09. The van der Waals surface area contributed by atoms with Crippen LogP contribution in [-0.2, 0) is 21.1 Å². The first-order chi connectivity index (χ1) is 8.34. The van der Waals surface area contributed by atoms with Gasteiger partial charge in [-0.3, -0.25) is 4.79 Å². The molecule has 1 aliphatic heterocycles. The molecule has 7 heteroatoms. The maximum atomic E-state index is 11.5. The van der Waals surface area contributed by atoms with E-state index >= 15 is 0 Å². The number of anilines is 1. The van der Waals surface area contributed by atoms with Gasteiger partial charge in [0.05, 0.1) is 4.90 Å². The largest absolute Gasteiger partial charge is 0.469 e. The van der Waals surface area contributed by atoms with Gasteiger partial charge >= 0.3 is 5.30 Å². The average Bonchev–Trinajstić information content (AvgIpc) is 2.71. The fraction of sp³-hybridized carbons (Fsp3) is 0.273. The van der Waals surface area contributed by atoms with Crippen LogP contribution in [0.2, 0.25) is 0 Å². The summed E-state index contributed by atoms with van der Waals surface area (Å²) in [7, 11) is -4.32. The molecule has 1 N–H and O–H groups in total. The molecule has 0 atom stereocenters. The van der Waals surface area contributed by atoms with Gasteiger partial charge in [-0.2, -0.15) is 0 Å². The number of carbonyl (C=O) groups excluding carboxylic acids is 1. The lowest BCUT2D eigenvalue weighted by atomic mass is 10.2. The van der Waals surface area contributed by atoms with Crippen LogP contribution < -0.4 is 4.90 Å². The monoisotopic (exact) mass is 269 g/mol. The lowest BCUT2D eigenvalue weighted by Crippen LogP contribution is -2.25. The summed E-state index contributed by atoms with van der Waals surface area (Å²) in [4.78, 5) is 23.2. The molecule has 0 saturated heterocycles. The van der Waals surface area contributed by atoms with E-state index in [-0.39, 0.29) is 10.8 Å². The Bertz CT molecular complexity index is 635. The smallest absolute Gasteiger partial charge is 0.427 e. The van der Waals surface area contributed by atoms with E-state index in [1.165, 1.54) is 30.0 Å². The van der Waals surface area contributed by atoms with Gasteiger partial charge in [0, 0.05) is 19.2 Å². The topological polar surface area (TPSA) is 91.8 Å². The van der Waals surface area contributed by atoms with Crippen LogP contribution in [0.25, 0.3) is 0 Å². The summed E-state index contributed by atoms with van der Waals surface area (Å²) in [5, 5.41) is 6.76. The van der Waals surface area contributed by atoms with Crippen molar-refractivity contribution in [3.63, 3.8) is 0 Å². The lowest BCUT2D eigenvalue weighted by molar-refractivity contribution is -0.116. The molecule has 0 spiro atoms. The number of benzene rings is 1. The van der Waals surface area contributed by atoms with E-state index in [2.05, 4.69) is 0 Å². The van der Waals surface area contributed by atoms with Gasteiger partial charge < -0.3 is 10.0 Å². The molecule has 6 nitrogen and oxygen atoms in total. The molecule has 0 aliphatic carbocycles. The molecular weight excluding hydrogens is 258 g/mol. The second-order valence-corrected chi connectivity index (χ2v) is 5.81. The van der Waals surface area contributed by atoms with Crippen molar-refractivity contribution in [3.05, 3.63) is 23.8 Å². The first-order valence-corrected chi connectivity index (χ1v) is 6.71. The minimum Gasteiger partial charge on any atom is -0.469 e. The van der Waals surface area contributed by atoms with Crippen LogP contribution in [0.3, 0.4) is 0 Å². The Morgan fingerprint density at radius 3 is 2.56 bits per heavy atom. The molecule has 1 heterocycles. The van der Waals surface area contributed by atoms with Crippen molar-refractivity contribution in [3.8, 4) is 0 Å². The third-order valence-corrected chi connectivity index (χ3v) is 4.20. The Morgan fingerprint density at radius 2 is 2.00 bits per heavy atom. The van der Waals surface area contributed by atoms with Crippen LogP contribution in [0.15, 0.2) is 23.1 Å². The molecule has 0 unspecified atom stereocenters. The van der Waals surface area contributed by atoms with Gasteiger partial charge in [-0.25, -0.2) is 13.2 Å². The minimum absolute atomic E-state index is 0.123. The maximum absolute atomic E-state index is 11.5. The first-order valence-electron chi connectivity index (χ1n) is 5.23. The molecule has 1 aromatic rings. The Labute approximate surface area is 104 Å². The van der Waals surface area contributed by atoms with Crippen molar-refractivity contribution >= 4 is 26.7 Å². The van der Waals surface area contributed by atoms with Gasteiger partial charge in [0.15, 0.2) is 0 Å². The summed E-state index contributed by atoms with van der Waals surface area (Å²) < 4.78 is 22.9. The van der Waals surface area contributed by atoms with Crippen LogP contribution in [0.1, 0.15) is 12.5 Å². The highest BCUT2D eigenvalue weighted by Gasteiger charge is 2.28. The number of amides is 1. The number of nitrogens with zero attached hydrogens (tertiary/aromatic N) is 1. The van der Waals surface area contributed by atoms with Crippen molar-refractivity contribution in [2.24, 2.45) is 0 Å². The molecule has 1 amide bonds. The van der Waals surface area contributed by atoms with Crippen molar-refractivity contribution in [1.29, 1.82) is 0 Å². The Balaban J connectivity index is 2.49. The SMILES string of the molecule is CC(=O)N1CCc2cc(S(=O)(=O)C(=O)O)ccc21. The van der Waals surface area contributed by atoms with Gasteiger partial charge in [0.2, 0.25) is 5.91 Å². The molecule has 0 radical (unpaired) electrons. The number of sulfone groups is 1. The van der Waals surface area contributed by atoms with Gasteiger partial charge in [-0.1, -0.05) is 0 Å². The Kier molecular flexibility index (Phi) is 2.86. The van der Waals surface area contributed by atoms with Crippen LogP contribution in [0.4, 0.5) is 10.5 Å². The fourth-order valence-electron chi connectivity index (χ4n) is 1.97. The molecule has 96 valence electrons. The van der Waals surface area contributed by atoms with E-state index in [1.807, 2.05) is 0 Å². The standard InChI is InChI=1S/C11H11NO5S/c1-7(13)12-5-4-8-6-9(2-3-10(8)12)18(16,17)11(14)15/h2-3,6H,4-5H2,1H3,(H,14,15). The number of hydrogen-bond donors (Lipinski definition) is 1. The summed E-state index contributed by atoms with van der Waals surface area (Å²) in [6.45, 7) is 1.91. The van der Waals surface area contributed by atoms with Crippen LogP contribution in [0.5, 0.6) is 0 Å². The Hall–Kier alpha value is -1.89. The second-order valence-electron chi connectivity index (χ2n) is 3.98. The molecule has 0 bridgehead atoms. The third-order valence-electron chi connectivity index (χ3n) is 2.87. The number of hydrogen-bond acceptors (Lipinski definition) is 4. The van der Waals surface area contributed by atoms with Gasteiger partial charge in [0.1, 0.15) is 0 Å². The van der Waals surface area contributed by atoms with E-state index in [0.717, 1.165) is 0 Å². The number of fused-ring (bicyclic) bond motifs is 1. The fourth-order valence-corrected chi connectivity index (χ4v) is 2.72. The van der Waals surface area contributed by atoms with Crippen molar-refractivity contribution in [2.75, 3.05) is 11.4 Å². The van der Waals surface area contributed by atoms with E-state index in [4.69, 9.17) is 5.11 Å². The average molecular weight is 269 g/mol. The highest BCUT2D eigenvalue weighted by Crippen LogP contribution is 2.30. The predicted molar refractivity (Wildman–Crippen MR) is 63.4 cm³/mol. The molecule has 2 rings (SSSR count). The zero-order valence-electron chi connectivity index (χ0n) is 9.58. The molecule has 18 heavy (non-hydrogen) atoms. The highest BCUT2D eigenvalue weighted by atomic mass is 32.2. The summed E-state index contributed by atoms with van der Waals surface area (Å²) in [5.41, 5.74) is 1.32. The van der Waals surface area contributed by atoms with E-state index in [9.17, 15) is 18.0 Å². The van der Waals surface area contributed by atoms with E-state index in [0.29, 0.717) is 24.2 Å². The van der Waals surface area contributed by atoms with E-state index in [1.54, 1.807) is 0 Å². The molecule has 0 aromatic heterocycles. The summed E-state index contributed by atoms with van der Waals surface area (Å²) in [6.07, 6.45) is 0.526. The number of carboxylic acid groups (broad SMARTS) is 1. The molecule has 1 aromatic carbocycles. The van der Waals surface area contributed by atoms with Crippen LogP contribution in [-0.4, -0.2) is 31.3 Å². The predicted octanol–water partition coefficient (Wildman–Crippen LogP) is 1.05. The summed E-state index contributed by atoms with van der Waals surface area (Å²) >= 11 is 0. The molecule has 1 aliphatic rings. The third kappa shape index (κ3) is 1.86. The molecular formula is C11H11NO5S. The minimum atomic E-state index is -4.32. The number of rotatable bonds is 1. The van der Waals surface area contributed by atoms with Gasteiger partial charge in [0.25, 0.3) is 9.84 Å². The Morgan fingerprint density at radius 1 is 1.33 bits per heavy atom. The first kappa shape index (κ1) is 12.6. The molecule has 0 fully saturated rings. The maximum Gasteiger partial charge on any atom is 0.427 e. The lowest BCUT2D eigenvalue weighted by Gasteiger charge is -2.14. The zero-order chi connectivity index (χ0) is 13.5. The summed E-state index contributed by atoms with van der Waals surface area (Å²) in [6, 6.07) is 4.00. The van der Waals surface area contributed by atoms with Gasteiger partial charge in [-0.05, 0) is 30.2 Å². The van der Waals surface area contributed by atoms with Crippen LogP contribution in [0, 0.1) is 0 Å². The van der Waals surface area contributed by atoms with Crippen LogP contribution >= 0.6 is 0 Å². The quantitative estimate of drug-likeness (QED) is 0.822. The summed E-state index contributed by atoms with van der Waals surface area (Å²) in [5.74, 6) is -0.123. The van der Waals surface area contributed by atoms with Crippen molar-refractivity contribution < 1.29 is 23.1 Å².